The number of rotatable bonds is 3. The van der Waals surface area contributed by atoms with Gasteiger partial charge in [-0.3, -0.25) is 4.79 Å². The number of carbonyl (C=O) groups is 1. The number of amides is 1. The van der Waals surface area contributed by atoms with E-state index in [-0.39, 0.29) is 17.8 Å². The van der Waals surface area contributed by atoms with Crippen molar-refractivity contribution in [3.63, 3.8) is 0 Å². The van der Waals surface area contributed by atoms with Gasteiger partial charge in [0.05, 0.1) is 0 Å². The van der Waals surface area contributed by atoms with E-state index in [4.69, 9.17) is 11.6 Å². The van der Waals surface area contributed by atoms with E-state index in [1.807, 2.05) is 30.0 Å². The van der Waals surface area contributed by atoms with Crippen LogP contribution in [-0.4, -0.2) is 41.5 Å². The number of aromatic amines is 1. The molecular weight excluding hydrogens is 365 g/mol. The van der Waals surface area contributed by atoms with Crippen molar-refractivity contribution in [2.75, 3.05) is 19.6 Å². The van der Waals surface area contributed by atoms with E-state index in [0.717, 1.165) is 35.0 Å². The van der Waals surface area contributed by atoms with Crippen LogP contribution < -0.4 is 5.32 Å². The van der Waals surface area contributed by atoms with Gasteiger partial charge < -0.3 is 15.2 Å². The van der Waals surface area contributed by atoms with Gasteiger partial charge in [0.25, 0.3) is 5.91 Å². The molecular formula is C21H21ClFN3O. The number of nitrogens with zero attached hydrogens (tertiary/aromatic N) is 1. The second kappa shape index (κ2) is 7.33. The Morgan fingerprint density at radius 2 is 2.04 bits per heavy atom. The summed E-state index contributed by atoms with van der Waals surface area (Å²) in [6, 6.07) is 12.3. The molecule has 0 saturated carbocycles. The highest BCUT2D eigenvalue weighted by Crippen LogP contribution is 2.26. The number of H-pyrrole nitrogens is 1. The number of nitrogens with one attached hydrogen (secondary N) is 2. The normalized spacial score (nSPS) is 17.4. The average Bonchev–Trinajstić information content (AvgIpc) is 3.11. The summed E-state index contributed by atoms with van der Waals surface area (Å²) >= 11 is 6.19. The summed E-state index contributed by atoms with van der Waals surface area (Å²) in [5.74, 6) is -0.242. The van der Waals surface area contributed by atoms with Crippen LogP contribution in [0.1, 0.15) is 21.6 Å². The number of carbonyl (C=O) groups excluding carboxylic acids is 1. The zero-order valence-electron chi connectivity index (χ0n) is 15.1. The molecule has 0 radical (unpaired) electrons. The van der Waals surface area contributed by atoms with Crippen molar-refractivity contribution < 1.29 is 9.18 Å². The van der Waals surface area contributed by atoms with Crippen LogP contribution >= 0.6 is 11.6 Å². The highest BCUT2D eigenvalue weighted by Gasteiger charge is 2.25. The van der Waals surface area contributed by atoms with Crippen molar-refractivity contribution >= 4 is 28.4 Å². The lowest BCUT2D eigenvalue weighted by Crippen LogP contribution is -2.53. The van der Waals surface area contributed by atoms with Gasteiger partial charge in [-0.15, -0.1) is 0 Å². The van der Waals surface area contributed by atoms with Gasteiger partial charge in [-0.25, -0.2) is 4.39 Å². The van der Waals surface area contributed by atoms with E-state index < -0.39 is 0 Å². The van der Waals surface area contributed by atoms with Gasteiger partial charge in [-0.2, -0.15) is 0 Å². The minimum atomic E-state index is -0.235. The van der Waals surface area contributed by atoms with Crippen molar-refractivity contribution in [2.45, 2.75) is 19.4 Å². The summed E-state index contributed by atoms with van der Waals surface area (Å²) < 4.78 is 13.1. The monoisotopic (exact) mass is 385 g/mol. The quantitative estimate of drug-likeness (QED) is 0.717. The van der Waals surface area contributed by atoms with E-state index in [0.29, 0.717) is 23.8 Å². The SMILES string of the molecule is Cc1c(Cl)ccc2[nH]c(C(=O)N3CCNC(Cc4ccc(F)cc4)C3)cc12. The Hall–Kier alpha value is -2.37. The van der Waals surface area contributed by atoms with Crippen LogP contribution in [0.25, 0.3) is 10.9 Å². The first-order chi connectivity index (χ1) is 13.0. The molecule has 2 N–H and O–H groups in total. The first-order valence-corrected chi connectivity index (χ1v) is 9.44. The van der Waals surface area contributed by atoms with Crippen molar-refractivity contribution in [3.05, 3.63) is 70.1 Å². The van der Waals surface area contributed by atoms with Gasteiger partial charge in [0.2, 0.25) is 0 Å². The predicted octanol–water partition coefficient (Wildman–Crippen LogP) is 3.93. The lowest BCUT2D eigenvalue weighted by atomic mass is 10.0. The van der Waals surface area contributed by atoms with Crippen molar-refractivity contribution in [2.24, 2.45) is 0 Å². The molecule has 4 nitrogen and oxygen atoms in total. The second-order valence-electron chi connectivity index (χ2n) is 7.05. The molecule has 1 fully saturated rings. The highest BCUT2D eigenvalue weighted by molar-refractivity contribution is 6.32. The molecule has 2 aromatic carbocycles. The summed E-state index contributed by atoms with van der Waals surface area (Å²) in [5.41, 5.74) is 3.52. The molecule has 1 aliphatic heterocycles. The Kier molecular flexibility index (Phi) is 4.89. The van der Waals surface area contributed by atoms with Crippen LogP contribution in [-0.2, 0) is 6.42 Å². The zero-order valence-corrected chi connectivity index (χ0v) is 15.8. The first-order valence-electron chi connectivity index (χ1n) is 9.06. The van der Waals surface area contributed by atoms with E-state index in [1.54, 1.807) is 12.1 Å². The Labute approximate surface area is 162 Å². The Balaban J connectivity index is 1.50. The minimum absolute atomic E-state index is 0.00710. The number of aryl methyl sites for hydroxylation is 1. The fourth-order valence-electron chi connectivity index (χ4n) is 3.66. The third-order valence-electron chi connectivity index (χ3n) is 5.18. The number of hydrogen-bond acceptors (Lipinski definition) is 2. The van der Waals surface area contributed by atoms with Gasteiger partial charge in [0.15, 0.2) is 0 Å². The number of benzene rings is 2. The number of fused-ring (bicyclic) bond motifs is 1. The molecule has 3 aromatic rings. The van der Waals surface area contributed by atoms with Gasteiger partial charge in [0.1, 0.15) is 11.5 Å². The van der Waals surface area contributed by atoms with Crippen molar-refractivity contribution in [1.82, 2.24) is 15.2 Å². The molecule has 140 valence electrons. The average molecular weight is 386 g/mol. The van der Waals surface area contributed by atoms with Crippen LogP contribution in [0.3, 0.4) is 0 Å². The van der Waals surface area contributed by atoms with E-state index in [2.05, 4.69) is 10.3 Å². The maximum absolute atomic E-state index is 13.1. The van der Waals surface area contributed by atoms with Crippen LogP contribution in [0.15, 0.2) is 42.5 Å². The molecule has 1 atom stereocenters. The maximum Gasteiger partial charge on any atom is 0.270 e. The molecule has 27 heavy (non-hydrogen) atoms. The zero-order chi connectivity index (χ0) is 19.0. The lowest BCUT2D eigenvalue weighted by Gasteiger charge is -2.33. The molecule has 1 saturated heterocycles. The number of piperazine rings is 1. The topological polar surface area (TPSA) is 48.1 Å². The van der Waals surface area contributed by atoms with E-state index in [1.165, 1.54) is 12.1 Å². The van der Waals surface area contributed by atoms with Gasteiger partial charge in [-0.1, -0.05) is 23.7 Å². The van der Waals surface area contributed by atoms with E-state index in [9.17, 15) is 9.18 Å². The fraction of sp³-hybridized carbons (Fsp3) is 0.286. The third-order valence-corrected chi connectivity index (χ3v) is 5.58. The number of aromatic nitrogens is 1. The molecule has 1 aliphatic rings. The molecule has 1 aromatic heterocycles. The fourth-order valence-corrected chi connectivity index (χ4v) is 3.82. The van der Waals surface area contributed by atoms with Gasteiger partial charge in [-0.05, 0) is 54.8 Å². The van der Waals surface area contributed by atoms with Crippen molar-refractivity contribution in [3.8, 4) is 0 Å². The van der Waals surface area contributed by atoms with Crippen LogP contribution in [0.5, 0.6) is 0 Å². The smallest absolute Gasteiger partial charge is 0.270 e. The molecule has 1 unspecified atom stereocenters. The Bertz CT molecular complexity index is 983. The minimum Gasteiger partial charge on any atom is -0.351 e. The first kappa shape index (κ1) is 18.0. The molecule has 4 rings (SSSR count). The second-order valence-corrected chi connectivity index (χ2v) is 7.46. The standard InChI is InChI=1S/C21H21ClFN3O/c1-13-17-11-20(25-19(17)7-6-18(13)22)21(27)26-9-8-24-16(12-26)10-14-2-4-15(23)5-3-14/h2-7,11,16,24-25H,8-10,12H2,1H3. The van der Waals surface area contributed by atoms with E-state index >= 15 is 0 Å². The summed E-state index contributed by atoms with van der Waals surface area (Å²) in [6.45, 7) is 3.97. The highest BCUT2D eigenvalue weighted by atomic mass is 35.5. The predicted molar refractivity (Wildman–Crippen MR) is 106 cm³/mol. The van der Waals surface area contributed by atoms with Crippen LogP contribution in [0, 0.1) is 12.7 Å². The molecule has 0 aliphatic carbocycles. The molecule has 6 heteroatoms. The van der Waals surface area contributed by atoms with Gasteiger partial charge in [0, 0.05) is 41.6 Å². The molecule has 1 amide bonds. The maximum atomic E-state index is 13.1. The molecule has 0 bridgehead atoms. The summed E-state index contributed by atoms with van der Waals surface area (Å²) in [7, 11) is 0. The van der Waals surface area contributed by atoms with Crippen LogP contribution in [0.4, 0.5) is 4.39 Å². The van der Waals surface area contributed by atoms with Crippen LogP contribution in [0.2, 0.25) is 5.02 Å². The number of hydrogen-bond donors (Lipinski definition) is 2. The molecule has 0 spiro atoms. The van der Waals surface area contributed by atoms with Crippen molar-refractivity contribution in [1.29, 1.82) is 0 Å². The third kappa shape index (κ3) is 3.70. The summed E-state index contributed by atoms with van der Waals surface area (Å²) in [4.78, 5) is 18.1. The Morgan fingerprint density at radius 1 is 1.26 bits per heavy atom. The number of halogens is 2. The van der Waals surface area contributed by atoms with Gasteiger partial charge >= 0.3 is 0 Å². The summed E-state index contributed by atoms with van der Waals surface area (Å²) in [6.07, 6.45) is 0.755. The largest absolute Gasteiger partial charge is 0.351 e. The summed E-state index contributed by atoms with van der Waals surface area (Å²) in [5, 5.41) is 5.12. The lowest BCUT2D eigenvalue weighted by molar-refractivity contribution is 0.0698. The molecule has 2 heterocycles. The Morgan fingerprint density at radius 3 is 2.81 bits per heavy atom.